The van der Waals surface area contributed by atoms with E-state index in [1.807, 2.05) is 4.90 Å². The summed E-state index contributed by atoms with van der Waals surface area (Å²) < 4.78 is 0. The first-order valence-electron chi connectivity index (χ1n) is 7.37. The molecule has 0 aromatic carbocycles. The van der Waals surface area contributed by atoms with Crippen molar-refractivity contribution in [2.45, 2.75) is 70.5 Å². The Hall–Kier alpha value is -1.26. The number of primary amides is 1. The van der Waals surface area contributed by atoms with Crippen LogP contribution in [0.4, 0.5) is 4.79 Å². The number of nitrogens with two attached hydrogens (primary N) is 1. The summed E-state index contributed by atoms with van der Waals surface area (Å²) in [5.41, 5.74) is 5.10. The molecule has 0 heterocycles. The van der Waals surface area contributed by atoms with Crippen LogP contribution < -0.4 is 11.1 Å². The predicted octanol–water partition coefficient (Wildman–Crippen LogP) is 1.61. The molecule has 0 saturated heterocycles. The molecule has 2 saturated carbocycles. The van der Waals surface area contributed by atoms with E-state index in [1.54, 1.807) is 6.92 Å². The first-order chi connectivity index (χ1) is 8.99. The minimum Gasteiger partial charge on any atom is -0.352 e. The molecule has 2 rings (SSSR count). The summed E-state index contributed by atoms with van der Waals surface area (Å²) in [6.07, 6.45) is 6.76. The van der Waals surface area contributed by atoms with Crippen molar-refractivity contribution in [2.24, 2.45) is 11.7 Å². The molecule has 3 N–H and O–H groups in total. The Labute approximate surface area is 114 Å². The van der Waals surface area contributed by atoms with Crippen LogP contribution in [0.3, 0.4) is 0 Å². The SMILES string of the molecule is CC1CCC(N(C(=O)C(C)NC(N)=O)C2CC2)CC1. The van der Waals surface area contributed by atoms with Crippen LogP contribution in [0.2, 0.25) is 0 Å². The van der Waals surface area contributed by atoms with Gasteiger partial charge in [0.2, 0.25) is 5.91 Å². The molecule has 0 aliphatic heterocycles. The third-order valence-electron chi connectivity index (χ3n) is 4.30. The molecule has 108 valence electrons. The summed E-state index contributed by atoms with van der Waals surface area (Å²) in [4.78, 5) is 25.4. The predicted molar refractivity (Wildman–Crippen MR) is 73.5 cm³/mol. The van der Waals surface area contributed by atoms with E-state index >= 15 is 0 Å². The summed E-state index contributed by atoms with van der Waals surface area (Å²) in [6, 6.07) is -0.400. The van der Waals surface area contributed by atoms with Crippen LogP contribution >= 0.6 is 0 Å². The zero-order chi connectivity index (χ0) is 14.0. The molecule has 2 fully saturated rings. The van der Waals surface area contributed by atoms with Crippen molar-refractivity contribution >= 4 is 11.9 Å². The topological polar surface area (TPSA) is 75.4 Å². The van der Waals surface area contributed by atoms with Gasteiger partial charge in [-0.3, -0.25) is 4.79 Å². The molecule has 1 atom stereocenters. The van der Waals surface area contributed by atoms with Crippen LogP contribution in [0.15, 0.2) is 0 Å². The van der Waals surface area contributed by atoms with Gasteiger partial charge in [0.1, 0.15) is 6.04 Å². The van der Waals surface area contributed by atoms with Gasteiger partial charge in [-0.05, 0) is 51.4 Å². The van der Waals surface area contributed by atoms with E-state index in [9.17, 15) is 9.59 Å². The molecule has 2 aliphatic carbocycles. The summed E-state index contributed by atoms with van der Waals surface area (Å²) in [6.45, 7) is 3.99. The smallest absolute Gasteiger partial charge is 0.312 e. The van der Waals surface area contributed by atoms with Crippen LogP contribution in [0.5, 0.6) is 0 Å². The summed E-state index contributed by atoms with van der Waals surface area (Å²) >= 11 is 0. The maximum absolute atomic E-state index is 12.5. The number of urea groups is 1. The quantitative estimate of drug-likeness (QED) is 0.812. The Morgan fingerprint density at radius 3 is 2.00 bits per heavy atom. The number of nitrogens with zero attached hydrogens (tertiary/aromatic N) is 1. The lowest BCUT2D eigenvalue weighted by Gasteiger charge is -2.37. The fourth-order valence-electron chi connectivity index (χ4n) is 3.03. The van der Waals surface area contributed by atoms with E-state index in [0.29, 0.717) is 12.1 Å². The monoisotopic (exact) mass is 267 g/mol. The van der Waals surface area contributed by atoms with Crippen molar-refractivity contribution in [2.75, 3.05) is 0 Å². The second kappa shape index (κ2) is 5.80. The van der Waals surface area contributed by atoms with Crippen molar-refractivity contribution in [3.8, 4) is 0 Å². The van der Waals surface area contributed by atoms with Crippen LogP contribution in [0.25, 0.3) is 0 Å². The first-order valence-corrected chi connectivity index (χ1v) is 7.37. The zero-order valence-corrected chi connectivity index (χ0v) is 11.9. The van der Waals surface area contributed by atoms with Crippen molar-refractivity contribution in [1.82, 2.24) is 10.2 Å². The van der Waals surface area contributed by atoms with Gasteiger partial charge in [0, 0.05) is 12.1 Å². The van der Waals surface area contributed by atoms with Crippen molar-refractivity contribution in [3.05, 3.63) is 0 Å². The lowest BCUT2D eigenvalue weighted by atomic mass is 9.86. The fourth-order valence-corrected chi connectivity index (χ4v) is 3.03. The molecule has 0 aromatic heterocycles. The van der Waals surface area contributed by atoms with E-state index in [0.717, 1.165) is 31.6 Å². The second-order valence-corrected chi connectivity index (χ2v) is 6.12. The summed E-state index contributed by atoms with van der Waals surface area (Å²) in [5, 5.41) is 2.50. The number of carbonyl (C=O) groups excluding carboxylic acids is 2. The highest BCUT2D eigenvalue weighted by molar-refractivity contribution is 5.86. The molecular weight excluding hydrogens is 242 g/mol. The van der Waals surface area contributed by atoms with E-state index in [4.69, 9.17) is 5.73 Å². The van der Waals surface area contributed by atoms with Crippen molar-refractivity contribution in [1.29, 1.82) is 0 Å². The normalized spacial score (nSPS) is 28.5. The third-order valence-corrected chi connectivity index (χ3v) is 4.30. The van der Waals surface area contributed by atoms with Gasteiger partial charge in [-0.2, -0.15) is 0 Å². The van der Waals surface area contributed by atoms with Gasteiger partial charge in [-0.1, -0.05) is 6.92 Å². The van der Waals surface area contributed by atoms with Gasteiger partial charge in [-0.15, -0.1) is 0 Å². The van der Waals surface area contributed by atoms with Crippen LogP contribution in [0, 0.1) is 5.92 Å². The Kier molecular flexibility index (Phi) is 4.32. The maximum atomic E-state index is 12.5. The number of hydrogen-bond donors (Lipinski definition) is 2. The molecule has 0 bridgehead atoms. The minimum absolute atomic E-state index is 0.0286. The second-order valence-electron chi connectivity index (χ2n) is 6.12. The fraction of sp³-hybridized carbons (Fsp3) is 0.857. The van der Waals surface area contributed by atoms with Gasteiger partial charge in [-0.25, -0.2) is 4.79 Å². The molecule has 5 nitrogen and oxygen atoms in total. The van der Waals surface area contributed by atoms with Crippen LogP contribution in [0.1, 0.15) is 52.4 Å². The molecule has 0 spiro atoms. The van der Waals surface area contributed by atoms with Crippen LogP contribution in [-0.2, 0) is 4.79 Å². The molecular formula is C14H25N3O2. The Morgan fingerprint density at radius 2 is 1.58 bits per heavy atom. The zero-order valence-electron chi connectivity index (χ0n) is 11.9. The van der Waals surface area contributed by atoms with E-state index in [-0.39, 0.29) is 5.91 Å². The average molecular weight is 267 g/mol. The third kappa shape index (κ3) is 3.61. The molecule has 5 heteroatoms. The number of nitrogens with one attached hydrogen (secondary N) is 1. The maximum Gasteiger partial charge on any atom is 0.312 e. The van der Waals surface area contributed by atoms with Gasteiger partial charge < -0.3 is 16.0 Å². The number of rotatable bonds is 4. The van der Waals surface area contributed by atoms with Gasteiger partial charge in [0.15, 0.2) is 0 Å². The Morgan fingerprint density at radius 1 is 1.11 bits per heavy atom. The molecule has 3 amide bonds. The average Bonchev–Trinajstić information content (AvgIpc) is 3.15. The van der Waals surface area contributed by atoms with Crippen molar-refractivity contribution < 1.29 is 9.59 Å². The highest BCUT2D eigenvalue weighted by Crippen LogP contribution is 2.35. The molecule has 0 radical (unpaired) electrons. The van der Waals surface area contributed by atoms with Crippen LogP contribution in [-0.4, -0.2) is 35.0 Å². The number of carbonyl (C=O) groups is 2. The standard InChI is InChI=1S/C14H25N3O2/c1-9-3-5-11(6-4-9)17(12-7-8-12)13(18)10(2)16-14(15)19/h9-12H,3-8H2,1-2H3,(H3,15,16,19). The van der Waals surface area contributed by atoms with E-state index in [2.05, 4.69) is 12.2 Å². The van der Waals surface area contributed by atoms with Gasteiger partial charge in [0.25, 0.3) is 0 Å². The van der Waals surface area contributed by atoms with Gasteiger partial charge in [0.05, 0.1) is 0 Å². The van der Waals surface area contributed by atoms with Gasteiger partial charge >= 0.3 is 6.03 Å². The van der Waals surface area contributed by atoms with E-state index in [1.165, 1.54) is 12.8 Å². The lowest BCUT2D eigenvalue weighted by Crippen LogP contribution is -2.53. The lowest BCUT2D eigenvalue weighted by molar-refractivity contribution is -0.136. The van der Waals surface area contributed by atoms with Crippen molar-refractivity contribution in [3.63, 3.8) is 0 Å². The highest BCUT2D eigenvalue weighted by atomic mass is 16.2. The molecule has 1 unspecified atom stereocenters. The summed E-state index contributed by atoms with van der Waals surface area (Å²) in [7, 11) is 0. The summed E-state index contributed by atoms with van der Waals surface area (Å²) in [5.74, 6) is 0.800. The largest absolute Gasteiger partial charge is 0.352 e. The highest BCUT2D eigenvalue weighted by Gasteiger charge is 2.39. The molecule has 0 aromatic rings. The molecule has 19 heavy (non-hydrogen) atoms. The Bertz CT molecular complexity index is 347. The Balaban J connectivity index is 1.99. The first kappa shape index (κ1) is 14.2. The number of hydrogen-bond acceptors (Lipinski definition) is 2. The minimum atomic E-state index is -0.631. The molecule has 2 aliphatic rings. The number of amides is 3. The van der Waals surface area contributed by atoms with E-state index < -0.39 is 12.1 Å².